The number of sulfonamides is 1. The number of nitrogens with one attached hydrogen (secondary N) is 2. The predicted octanol–water partition coefficient (Wildman–Crippen LogP) is 2.00. The summed E-state index contributed by atoms with van der Waals surface area (Å²) in [4.78, 5) is 12.1. The summed E-state index contributed by atoms with van der Waals surface area (Å²) in [5.41, 5.74) is 0.667. The number of carbonyl (C=O) groups excluding carboxylic acids is 1. The highest BCUT2D eigenvalue weighted by molar-refractivity contribution is 7.89. The van der Waals surface area contributed by atoms with Crippen LogP contribution < -0.4 is 5.32 Å². The van der Waals surface area contributed by atoms with Gasteiger partial charge in [-0.3, -0.25) is 5.10 Å². The van der Waals surface area contributed by atoms with E-state index in [1.54, 1.807) is 25.1 Å². The van der Waals surface area contributed by atoms with Gasteiger partial charge in [-0.2, -0.15) is 9.40 Å². The molecule has 2 heterocycles. The van der Waals surface area contributed by atoms with Gasteiger partial charge >= 0.3 is 5.97 Å². The lowest BCUT2D eigenvalue weighted by Gasteiger charge is -2.35. The van der Waals surface area contributed by atoms with Crippen molar-refractivity contribution in [2.75, 3.05) is 26.2 Å². The molecule has 0 spiro atoms. The summed E-state index contributed by atoms with van der Waals surface area (Å²) in [6.07, 6.45) is 1.17. The summed E-state index contributed by atoms with van der Waals surface area (Å²) in [6.45, 7) is 2.97. The highest BCUT2D eigenvalue weighted by atomic mass is 35.5. The van der Waals surface area contributed by atoms with Crippen molar-refractivity contribution in [3.8, 4) is 0 Å². The van der Waals surface area contributed by atoms with E-state index >= 15 is 0 Å². The van der Waals surface area contributed by atoms with Crippen molar-refractivity contribution in [2.24, 2.45) is 0 Å². The highest BCUT2D eigenvalue weighted by Crippen LogP contribution is 2.30. The third kappa shape index (κ3) is 4.44. The van der Waals surface area contributed by atoms with Gasteiger partial charge in [0.2, 0.25) is 0 Å². The van der Waals surface area contributed by atoms with Gasteiger partial charge in [0.1, 0.15) is 5.56 Å². The molecule has 0 amide bonds. The number of hydrogen-bond donors (Lipinski definition) is 2. The molecule has 0 radical (unpaired) electrons. The van der Waals surface area contributed by atoms with Gasteiger partial charge in [0.25, 0.3) is 10.0 Å². The number of piperazine rings is 1. The van der Waals surface area contributed by atoms with Crippen LogP contribution in [0.2, 0.25) is 5.02 Å². The zero-order valence-corrected chi connectivity index (χ0v) is 16.9. The molecule has 1 aromatic heterocycles. The monoisotopic (exact) mass is 434 g/mol. The average Bonchev–Trinajstić information content (AvgIpc) is 3.13. The van der Waals surface area contributed by atoms with Crippen LogP contribution in [-0.4, -0.2) is 55.1 Å². The molecule has 2 N–H and O–H groups in total. The van der Waals surface area contributed by atoms with E-state index in [0.29, 0.717) is 18.1 Å². The lowest BCUT2D eigenvalue weighted by Crippen LogP contribution is -2.48. The fourth-order valence-electron chi connectivity index (χ4n) is 2.91. The first-order chi connectivity index (χ1) is 12.4. The van der Waals surface area contributed by atoms with Crippen LogP contribution in [0.1, 0.15) is 28.9 Å². The molecule has 1 atom stereocenters. The Morgan fingerprint density at radius 1 is 1.44 bits per heavy atom. The van der Waals surface area contributed by atoms with E-state index in [2.05, 4.69) is 15.5 Å². The summed E-state index contributed by atoms with van der Waals surface area (Å²) < 4.78 is 32.7. The Bertz CT molecular complexity index is 903. The van der Waals surface area contributed by atoms with Crippen LogP contribution in [0.25, 0.3) is 0 Å². The summed E-state index contributed by atoms with van der Waals surface area (Å²) >= 11 is 6.06. The number of halogens is 2. The van der Waals surface area contributed by atoms with Crippen LogP contribution >= 0.6 is 24.0 Å². The van der Waals surface area contributed by atoms with Crippen molar-refractivity contribution in [3.63, 3.8) is 0 Å². The van der Waals surface area contributed by atoms with E-state index in [9.17, 15) is 13.2 Å². The van der Waals surface area contributed by atoms with E-state index in [1.807, 2.05) is 6.07 Å². The first kappa shape index (κ1) is 21.6. The Labute approximate surface area is 168 Å². The second-order valence-corrected chi connectivity index (χ2v) is 7.99. The Morgan fingerprint density at radius 3 is 2.93 bits per heavy atom. The van der Waals surface area contributed by atoms with Crippen LogP contribution in [0.3, 0.4) is 0 Å². The number of hydrogen-bond acceptors (Lipinski definition) is 6. The molecule has 0 bridgehead atoms. The van der Waals surface area contributed by atoms with Crippen LogP contribution in [0.15, 0.2) is 35.5 Å². The number of aromatic amines is 1. The van der Waals surface area contributed by atoms with E-state index in [1.165, 1.54) is 10.5 Å². The van der Waals surface area contributed by atoms with E-state index in [4.69, 9.17) is 16.3 Å². The maximum Gasteiger partial charge on any atom is 0.342 e. The number of rotatable bonds is 5. The van der Waals surface area contributed by atoms with Crippen LogP contribution in [0.4, 0.5) is 0 Å². The molecule has 0 aliphatic carbocycles. The highest BCUT2D eigenvalue weighted by Gasteiger charge is 2.38. The molecule has 148 valence electrons. The van der Waals surface area contributed by atoms with Gasteiger partial charge in [0.15, 0.2) is 5.03 Å². The molecule has 3 rings (SSSR count). The molecule has 8 nitrogen and oxygen atoms in total. The van der Waals surface area contributed by atoms with Crippen molar-refractivity contribution < 1.29 is 17.9 Å². The molecule has 0 saturated carbocycles. The Kier molecular flexibility index (Phi) is 7.24. The largest absolute Gasteiger partial charge is 0.462 e. The number of ether oxygens (including phenoxy) is 1. The fraction of sp³-hybridized carbons (Fsp3) is 0.375. The van der Waals surface area contributed by atoms with E-state index < -0.39 is 22.0 Å². The molecule has 1 fully saturated rings. The topological polar surface area (TPSA) is 104 Å². The molecule has 1 aliphatic heterocycles. The number of nitrogens with zero attached hydrogens (tertiary/aromatic N) is 2. The summed E-state index contributed by atoms with van der Waals surface area (Å²) in [6, 6.07) is 6.61. The third-order valence-electron chi connectivity index (χ3n) is 4.09. The number of aromatic nitrogens is 2. The minimum absolute atomic E-state index is 0. The summed E-state index contributed by atoms with van der Waals surface area (Å²) in [5.74, 6) is -0.728. The Balaban J connectivity index is 0.00000261. The normalized spacial score (nSPS) is 17.9. The van der Waals surface area contributed by atoms with Gasteiger partial charge in [-0.25, -0.2) is 13.2 Å². The number of esters is 1. The molecule has 1 aromatic carbocycles. The molecule has 1 aliphatic rings. The first-order valence-corrected chi connectivity index (χ1v) is 9.95. The first-order valence-electron chi connectivity index (χ1n) is 8.13. The lowest BCUT2D eigenvalue weighted by molar-refractivity contribution is 0.0521. The van der Waals surface area contributed by atoms with Gasteiger partial charge in [0, 0.05) is 24.7 Å². The van der Waals surface area contributed by atoms with Crippen LogP contribution in [0.5, 0.6) is 0 Å². The van der Waals surface area contributed by atoms with Crippen molar-refractivity contribution in [3.05, 3.63) is 46.6 Å². The van der Waals surface area contributed by atoms with Gasteiger partial charge < -0.3 is 10.1 Å². The third-order valence-corrected chi connectivity index (χ3v) is 6.21. The zero-order chi connectivity index (χ0) is 18.7. The quantitative estimate of drug-likeness (QED) is 0.697. The summed E-state index contributed by atoms with van der Waals surface area (Å²) in [7, 11) is -3.99. The Morgan fingerprint density at radius 2 is 2.22 bits per heavy atom. The molecular weight excluding hydrogens is 415 g/mol. The van der Waals surface area contributed by atoms with E-state index in [0.717, 1.165) is 5.56 Å². The molecule has 1 unspecified atom stereocenters. The van der Waals surface area contributed by atoms with Gasteiger partial charge in [-0.15, -0.1) is 12.4 Å². The average molecular weight is 435 g/mol. The van der Waals surface area contributed by atoms with Crippen molar-refractivity contribution in [2.45, 2.75) is 18.0 Å². The lowest BCUT2D eigenvalue weighted by atomic mass is 10.1. The number of benzene rings is 1. The zero-order valence-electron chi connectivity index (χ0n) is 14.5. The standard InChI is InChI=1S/C16H19ClN4O4S.ClH/c1-2-25-16(22)13-9-19-20-15(13)26(23,24)21-7-6-18-10-14(21)11-4-3-5-12(17)8-11;/h3-5,8-9,14,18H,2,6-7,10H2,1H3,(H,19,20);1H. The maximum atomic E-state index is 13.2. The molecule has 2 aromatic rings. The molecule has 27 heavy (non-hydrogen) atoms. The Hall–Kier alpha value is -1.65. The van der Waals surface area contributed by atoms with Crippen LogP contribution in [0, 0.1) is 0 Å². The number of H-pyrrole nitrogens is 1. The van der Waals surface area contributed by atoms with Crippen LogP contribution in [-0.2, 0) is 14.8 Å². The van der Waals surface area contributed by atoms with Crippen molar-refractivity contribution in [1.82, 2.24) is 19.8 Å². The van der Waals surface area contributed by atoms with Gasteiger partial charge in [-0.1, -0.05) is 23.7 Å². The SMILES string of the molecule is CCOC(=O)c1cn[nH]c1S(=O)(=O)N1CCNCC1c1cccc(Cl)c1.Cl. The number of carbonyl (C=O) groups is 1. The maximum absolute atomic E-state index is 13.2. The molecule has 11 heteroatoms. The molecular formula is C16H20Cl2N4O4S. The minimum Gasteiger partial charge on any atom is -0.462 e. The van der Waals surface area contributed by atoms with E-state index in [-0.39, 0.29) is 36.1 Å². The molecule has 1 saturated heterocycles. The minimum atomic E-state index is -3.99. The smallest absolute Gasteiger partial charge is 0.342 e. The fourth-order valence-corrected chi connectivity index (χ4v) is 4.79. The second-order valence-electron chi connectivity index (χ2n) is 5.72. The summed E-state index contributed by atoms with van der Waals surface area (Å²) in [5, 5.41) is 9.63. The van der Waals surface area contributed by atoms with Gasteiger partial charge in [0.05, 0.1) is 18.8 Å². The predicted molar refractivity (Wildman–Crippen MR) is 103 cm³/mol. The van der Waals surface area contributed by atoms with Crippen molar-refractivity contribution in [1.29, 1.82) is 0 Å². The van der Waals surface area contributed by atoms with Gasteiger partial charge in [-0.05, 0) is 24.6 Å². The second kappa shape index (κ2) is 9.03. The van der Waals surface area contributed by atoms with Crippen molar-refractivity contribution >= 4 is 40.0 Å².